The molecule has 6 atom stereocenters. The van der Waals surface area contributed by atoms with Crippen LogP contribution in [-0.2, 0) is 42.8 Å². The molecule has 0 spiro atoms. The molecule has 0 N–H and O–H groups in total. The molecule has 23 heavy (non-hydrogen) atoms. The number of carbonyl (C=O) groups is 3. The summed E-state index contributed by atoms with van der Waals surface area (Å²) < 4.78 is 32.1. The second kappa shape index (κ2) is 7.24. The summed E-state index contributed by atoms with van der Waals surface area (Å²) in [6.07, 6.45) is -4.89. The second-order valence-corrected chi connectivity index (χ2v) is 5.30. The van der Waals surface area contributed by atoms with E-state index >= 15 is 0 Å². The summed E-state index contributed by atoms with van der Waals surface area (Å²) in [4.78, 5) is 33.8. The van der Waals surface area contributed by atoms with Crippen LogP contribution < -0.4 is 0 Å². The van der Waals surface area contributed by atoms with Gasteiger partial charge in [-0.3, -0.25) is 14.4 Å². The molecule has 0 aromatic carbocycles. The maximum Gasteiger partial charge on any atom is 0.303 e. The van der Waals surface area contributed by atoms with E-state index in [4.69, 9.17) is 28.4 Å². The summed E-state index contributed by atoms with van der Waals surface area (Å²) in [5.41, 5.74) is 0. The normalized spacial score (nSPS) is 36.0. The molecule has 0 amide bonds. The Morgan fingerprint density at radius 2 is 1.48 bits per heavy atom. The summed E-state index contributed by atoms with van der Waals surface area (Å²) in [6.45, 7) is 5.18. The van der Waals surface area contributed by atoms with E-state index in [-0.39, 0.29) is 6.61 Å². The van der Waals surface area contributed by atoms with Gasteiger partial charge in [0, 0.05) is 20.8 Å². The van der Waals surface area contributed by atoms with Gasteiger partial charge in [-0.2, -0.15) is 0 Å². The summed E-state index contributed by atoms with van der Waals surface area (Å²) >= 11 is 0. The Kier molecular flexibility index (Phi) is 5.55. The van der Waals surface area contributed by atoms with Crippen LogP contribution in [0.1, 0.15) is 27.7 Å². The molecule has 2 fully saturated rings. The van der Waals surface area contributed by atoms with E-state index in [9.17, 15) is 14.4 Å². The van der Waals surface area contributed by atoms with Crippen molar-refractivity contribution in [2.75, 3.05) is 6.61 Å². The molecule has 2 saturated heterocycles. The fourth-order valence-corrected chi connectivity index (χ4v) is 2.57. The zero-order chi connectivity index (χ0) is 17.1. The van der Waals surface area contributed by atoms with E-state index in [1.54, 1.807) is 6.92 Å². The first-order chi connectivity index (χ1) is 10.8. The lowest BCUT2D eigenvalue weighted by Crippen LogP contribution is -2.60. The third kappa shape index (κ3) is 4.40. The van der Waals surface area contributed by atoms with Crippen molar-refractivity contribution in [2.45, 2.75) is 64.7 Å². The van der Waals surface area contributed by atoms with Crippen LogP contribution >= 0.6 is 0 Å². The number of hydrogen-bond donors (Lipinski definition) is 0. The molecule has 0 bridgehead atoms. The second-order valence-electron chi connectivity index (χ2n) is 5.30. The van der Waals surface area contributed by atoms with Crippen molar-refractivity contribution in [3.63, 3.8) is 0 Å². The molecule has 0 aliphatic carbocycles. The number of ether oxygens (including phenoxy) is 6. The minimum Gasteiger partial charge on any atom is -0.463 e. The number of carbonyl (C=O) groups excluding carboxylic acids is 3. The average Bonchev–Trinajstić information content (AvgIpc) is 2.78. The fraction of sp³-hybridized carbons (Fsp3) is 0.786. The molecule has 2 aliphatic rings. The zero-order valence-electron chi connectivity index (χ0n) is 13.3. The van der Waals surface area contributed by atoms with Crippen molar-refractivity contribution in [2.24, 2.45) is 0 Å². The van der Waals surface area contributed by atoms with Crippen LogP contribution in [0.25, 0.3) is 0 Å². The van der Waals surface area contributed by atoms with Crippen LogP contribution in [0.15, 0.2) is 0 Å². The quantitative estimate of drug-likeness (QED) is 0.515. The first-order valence-corrected chi connectivity index (χ1v) is 7.22. The first-order valence-electron chi connectivity index (χ1n) is 7.22. The monoisotopic (exact) mass is 332 g/mol. The van der Waals surface area contributed by atoms with Crippen LogP contribution in [0.2, 0.25) is 0 Å². The Bertz CT molecular complexity index is 477. The number of hydrogen-bond acceptors (Lipinski definition) is 9. The third-order valence-electron chi connectivity index (χ3n) is 3.32. The highest BCUT2D eigenvalue weighted by atomic mass is 16.8. The van der Waals surface area contributed by atoms with Crippen molar-refractivity contribution < 1.29 is 42.8 Å². The van der Waals surface area contributed by atoms with Gasteiger partial charge < -0.3 is 28.4 Å². The van der Waals surface area contributed by atoms with Crippen LogP contribution in [0, 0.1) is 0 Å². The highest BCUT2D eigenvalue weighted by Gasteiger charge is 2.55. The van der Waals surface area contributed by atoms with Gasteiger partial charge >= 0.3 is 17.9 Å². The summed E-state index contributed by atoms with van der Waals surface area (Å²) in [6, 6.07) is 0. The molecule has 2 heterocycles. The Labute approximate surface area is 133 Å². The lowest BCUT2D eigenvalue weighted by molar-refractivity contribution is -0.264. The molecule has 0 saturated carbocycles. The predicted octanol–water partition coefficient (Wildman–Crippen LogP) is -0.101. The molecule has 0 aromatic heterocycles. The molecule has 130 valence electrons. The van der Waals surface area contributed by atoms with Crippen molar-refractivity contribution in [1.82, 2.24) is 0 Å². The van der Waals surface area contributed by atoms with Gasteiger partial charge in [-0.15, -0.1) is 0 Å². The van der Waals surface area contributed by atoms with E-state index in [1.165, 1.54) is 20.8 Å². The van der Waals surface area contributed by atoms with Gasteiger partial charge in [-0.1, -0.05) is 0 Å². The summed E-state index contributed by atoms with van der Waals surface area (Å²) in [5, 5.41) is 0. The highest BCUT2D eigenvalue weighted by molar-refractivity contribution is 5.67. The van der Waals surface area contributed by atoms with E-state index in [0.717, 1.165) is 0 Å². The minimum absolute atomic E-state index is 0.175. The molecular formula is C14H20O9. The van der Waals surface area contributed by atoms with Gasteiger partial charge in [0.05, 0.1) is 0 Å². The molecule has 2 aliphatic heterocycles. The average molecular weight is 332 g/mol. The van der Waals surface area contributed by atoms with Gasteiger partial charge in [0.2, 0.25) is 0 Å². The molecular weight excluding hydrogens is 312 g/mol. The topological polar surface area (TPSA) is 107 Å². The minimum atomic E-state index is -0.981. The molecule has 9 heteroatoms. The van der Waals surface area contributed by atoms with Gasteiger partial charge in [-0.25, -0.2) is 0 Å². The standard InChI is InChI=1S/C14H20O9/c1-6(15)18-5-10-11(19-7(2)16)12(20-8(3)17)13-14(23-10)22-9(4)21-13/h9-14H,5H2,1-4H3/t9-,10-,11-,12+,13+,14-/m1/s1. The van der Waals surface area contributed by atoms with E-state index in [2.05, 4.69) is 0 Å². The Balaban J connectivity index is 2.23. The SMILES string of the molecule is CC(=O)OC[C@H]1O[C@H]2O[C@H](C)O[C@H]2[C@@H](OC(C)=O)[C@@H]1OC(C)=O. The fourth-order valence-electron chi connectivity index (χ4n) is 2.57. The molecule has 9 nitrogen and oxygen atoms in total. The third-order valence-corrected chi connectivity index (χ3v) is 3.32. The number of rotatable bonds is 4. The maximum absolute atomic E-state index is 11.4. The lowest BCUT2D eigenvalue weighted by Gasteiger charge is -2.40. The Morgan fingerprint density at radius 1 is 0.870 bits per heavy atom. The number of esters is 3. The van der Waals surface area contributed by atoms with Gasteiger partial charge in [0.1, 0.15) is 12.7 Å². The number of fused-ring (bicyclic) bond motifs is 1. The van der Waals surface area contributed by atoms with Crippen LogP contribution in [-0.4, -0.2) is 61.5 Å². The van der Waals surface area contributed by atoms with E-state index < -0.39 is 54.9 Å². The molecule has 2 rings (SSSR count). The van der Waals surface area contributed by atoms with Crippen LogP contribution in [0.4, 0.5) is 0 Å². The van der Waals surface area contributed by atoms with Crippen molar-refractivity contribution >= 4 is 17.9 Å². The van der Waals surface area contributed by atoms with Gasteiger partial charge in [0.25, 0.3) is 0 Å². The maximum atomic E-state index is 11.4. The van der Waals surface area contributed by atoms with Crippen LogP contribution in [0.5, 0.6) is 0 Å². The summed E-state index contributed by atoms with van der Waals surface area (Å²) in [7, 11) is 0. The Hall–Kier alpha value is -1.71. The zero-order valence-corrected chi connectivity index (χ0v) is 13.3. The van der Waals surface area contributed by atoms with Crippen molar-refractivity contribution in [1.29, 1.82) is 0 Å². The highest BCUT2D eigenvalue weighted by Crippen LogP contribution is 2.34. The molecule has 0 aromatic rings. The Morgan fingerprint density at radius 3 is 2.04 bits per heavy atom. The van der Waals surface area contributed by atoms with E-state index in [1.807, 2.05) is 0 Å². The molecule has 0 unspecified atom stereocenters. The first kappa shape index (κ1) is 17.6. The smallest absolute Gasteiger partial charge is 0.303 e. The van der Waals surface area contributed by atoms with Gasteiger partial charge in [-0.05, 0) is 6.92 Å². The van der Waals surface area contributed by atoms with Gasteiger partial charge in [0.15, 0.2) is 30.9 Å². The van der Waals surface area contributed by atoms with Crippen molar-refractivity contribution in [3.05, 3.63) is 0 Å². The predicted molar refractivity (Wildman–Crippen MR) is 71.8 cm³/mol. The summed E-state index contributed by atoms with van der Waals surface area (Å²) in [5.74, 6) is -1.67. The largest absolute Gasteiger partial charge is 0.463 e. The van der Waals surface area contributed by atoms with Crippen LogP contribution in [0.3, 0.4) is 0 Å². The lowest BCUT2D eigenvalue weighted by atomic mass is 9.98. The van der Waals surface area contributed by atoms with Crippen molar-refractivity contribution in [3.8, 4) is 0 Å². The molecule has 0 radical (unpaired) electrons. The van der Waals surface area contributed by atoms with E-state index in [0.29, 0.717) is 0 Å².